The van der Waals surface area contributed by atoms with Crippen molar-refractivity contribution in [3.05, 3.63) is 100 Å². The first kappa shape index (κ1) is 21.0. The van der Waals surface area contributed by atoms with E-state index in [1.807, 2.05) is 42.5 Å². The Labute approximate surface area is 197 Å². The van der Waals surface area contributed by atoms with Crippen LogP contribution in [0.15, 0.2) is 78.4 Å². The van der Waals surface area contributed by atoms with Gasteiger partial charge in [-0.25, -0.2) is 0 Å². The third-order valence-electron chi connectivity index (χ3n) is 6.77. The molecule has 0 radical (unpaired) electrons. The molecule has 32 heavy (non-hydrogen) atoms. The zero-order valence-electron chi connectivity index (χ0n) is 17.3. The van der Waals surface area contributed by atoms with Gasteiger partial charge in [-0.15, -0.1) is 0 Å². The van der Waals surface area contributed by atoms with E-state index in [2.05, 4.69) is 18.0 Å². The highest BCUT2D eigenvalue weighted by Gasteiger charge is 2.59. The Morgan fingerprint density at radius 3 is 2.69 bits per heavy atom. The Hall–Kier alpha value is -2.88. The van der Waals surface area contributed by atoms with Crippen molar-refractivity contribution in [1.82, 2.24) is 0 Å². The van der Waals surface area contributed by atoms with E-state index in [0.717, 1.165) is 21.7 Å². The summed E-state index contributed by atoms with van der Waals surface area (Å²) in [5.41, 5.74) is 2.89. The van der Waals surface area contributed by atoms with Crippen LogP contribution in [0.1, 0.15) is 29.5 Å². The molecule has 160 valence electrons. The highest BCUT2D eigenvalue weighted by atomic mass is 35.5. The van der Waals surface area contributed by atoms with Gasteiger partial charge < -0.3 is 5.32 Å². The third-order valence-corrected chi connectivity index (χ3v) is 7.29. The summed E-state index contributed by atoms with van der Waals surface area (Å²) in [5.74, 6) is -0.502. The van der Waals surface area contributed by atoms with Crippen LogP contribution in [0.2, 0.25) is 5.02 Å². The lowest BCUT2D eigenvalue weighted by atomic mass is 9.55. The number of nitrogens with one attached hydrogen (secondary N) is 1. The molecule has 1 aliphatic heterocycles. The maximum Gasteiger partial charge on any atom is 0.239 e. The number of allylic oxidation sites excluding steroid dienone is 5. The standard InChI is InChI=1S/C27H21Cl2NO2/c1-2-16-6-3-4-9-21(16)24-15-20(31)14-23(17-7-5-8-18(28)12-17)27(24)22-11-10-19(29)13-25(22)30-26(27)32/h2-11,13,15,17,23H,1,12,14H2,(H,30,32)/t17?,23-,27-/m0/s1. The highest BCUT2D eigenvalue weighted by Crippen LogP contribution is 2.58. The Bertz CT molecular complexity index is 1260. The molecular weight excluding hydrogens is 441 g/mol. The highest BCUT2D eigenvalue weighted by molar-refractivity contribution is 6.31. The number of hydrogen-bond donors (Lipinski definition) is 1. The molecule has 2 aromatic carbocycles. The number of ketones is 1. The molecule has 1 heterocycles. The van der Waals surface area contributed by atoms with Crippen molar-refractivity contribution >= 4 is 52.2 Å². The van der Waals surface area contributed by atoms with Gasteiger partial charge in [-0.3, -0.25) is 9.59 Å². The number of benzene rings is 2. The molecule has 0 bridgehead atoms. The van der Waals surface area contributed by atoms with E-state index in [-0.39, 0.29) is 29.9 Å². The number of anilines is 1. The molecule has 1 amide bonds. The smallest absolute Gasteiger partial charge is 0.239 e. The summed E-state index contributed by atoms with van der Waals surface area (Å²) in [6, 6.07) is 13.2. The summed E-state index contributed by atoms with van der Waals surface area (Å²) in [4.78, 5) is 27.0. The van der Waals surface area contributed by atoms with Crippen molar-refractivity contribution < 1.29 is 9.59 Å². The van der Waals surface area contributed by atoms with Crippen LogP contribution in [-0.2, 0) is 15.0 Å². The molecule has 1 unspecified atom stereocenters. The second kappa shape index (κ2) is 7.91. The number of halogens is 2. The quantitative estimate of drug-likeness (QED) is 0.563. The second-order valence-electron chi connectivity index (χ2n) is 8.44. The van der Waals surface area contributed by atoms with Gasteiger partial charge in [0.05, 0.1) is 0 Å². The minimum atomic E-state index is -1.05. The Balaban J connectivity index is 1.81. The molecular formula is C27H21Cl2NO2. The van der Waals surface area contributed by atoms with Gasteiger partial charge in [-0.1, -0.05) is 78.3 Å². The fourth-order valence-electron chi connectivity index (χ4n) is 5.47. The Kier molecular flexibility index (Phi) is 5.19. The van der Waals surface area contributed by atoms with Crippen LogP contribution in [0.3, 0.4) is 0 Å². The summed E-state index contributed by atoms with van der Waals surface area (Å²) < 4.78 is 0. The lowest BCUT2D eigenvalue weighted by Crippen LogP contribution is -2.49. The zero-order chi connectivity index (χ0) is 22.5. The molecule has 3 aliphatic rings. The van der Waals surface area contributed by atoms with Crippen LogP contribution >= 0.6 is 23.2 Å². The summed E-state index contributed by atoms with van der Waals surface area (Å²) in [5, 5.41) is 4.32. The first-order valence-electron chi connectivity index (χ1n) is 10.6. The lowest BCUT2D eigenvalue weighted by molar-refractivity contribution is -0.123. The molecule has 5 heteroatoms. The first-order valence-corrected chi connectivity index (χ1v) is 11.3. The monoisotopic (exact) mass is 461 g/mol. The van der Waals surface area contributed by atoms with E-state index in [0.29, 0.717) is 22.7 Å². The maximum atomic E-state index is 13.9. The second-order valence-corrected chi connectivity index (χ2v) is 9.37. The fourth-order valence-corrected chi connectivity index (χ4v) is 5.89. The van der Waals surface area contributed by atoms with E-state index < -0.39 is 5.41 Å². The first-order chi connectivity index (χ1) is 15.4. The molecule has 0 saturated carbocycles. The van der Waals surface area contributed by atoms with Crippen molar-refractivity contribution in [2.45, 2.75) is 18.3 Å². The molecule has 2 aliphatic carbocycles. The van der Waals surface area contributed by atoms with E-state index in [4.69, 9.17) is 23.2 Å². The van der Waals surface area contributed by atoms with E-state index in [9.17, 15) is 9.59 Å². The molecule has 3 atom stereocenters. The number of fused-ring (bicyclic) bond motifs is 2. The number of carbonyl (C=O) groups is 2. The van der Waals surface area contributed by atoms with Crippen LogP contribution in [0.5, 0.6) is 0 Å². The molecule has 2 aromatic rings. The predicted octanol–water partition coefficient (Wildman–Crippen LogP) is 6.54. The van der Waals surface area contributed by atoms with Crippen molar-refractivity contribution in [1.29, 1.82) is 0 Å². The van der Waals surface area contributed by atoms with E-state index >= 15 is 0 Å². The minimum Gasteiger partial charge on any atom is -0.325 e. The molecule has 1 N–H and O–H groups in total. The predicted molar refractivity (Wildman–Crippen MR) is 131 cm³/mol. The molecule has 5 rings (SSSR count). The summed E-state index contributed by atoms with van der Waals surface area (Å²) >= 11 is 12.7. The van der Waals surface area contributed by atoms with Gasteiger partial charge in [-0.05, 0) is 64.8 Å². The molecule has 1 spiro atoms. The van der Waals surface area contributed by atoms with Crippen molar-refractivity contribution in [2.24, 2.45) is 11.8 Å². The minimum absolute atomic E-state index is 0.00350. The summed E-state index contributed by atoms with van der Waals surface area (Å²) in [6.07, 6.45) is 10.1. The number of carbonyl (C=O) groups excluding carboxylic acids is 2. The molecule has 0 saturated heterocycles. The van der Waals surface area contributed by atoms with Crippen LogP contribution in [-0.4, -0.2) is 11.7 Å². The zero-order valence-corrected chi connectivity index (χ0v) is 18.8. The van der Waals surface area contributed by atoms with Gasteiger partial charge in [0, 0.05) is 22.2 Å². The van der Waals surface area contributed by atoms with Crippen LogP contribution < -0.4 is 5.32 Å². The average Bonchev–Trinajstić information content (AvgIpc) is 3.06. The molecule has 0 fully saturated rings. The van der Waals surface area contributed by atoms with Crippen LogP contribution in [0.25, 0.3) is 11.6 Å². The Morgan fingerprint density at radius 1 is 1.09 bits per heavy atom. The molecule has 3 nitrogen and oxygen atoms in total. The van der Waals surface area contributed by atoms with Gasteiger partial charge in [0.15, 0.2) is 5.78 Å². The van der Waals surface area contributed by atoms with Crippen LogP contribution in [0.4, 0.5) is 5.69 Å². The fraction of sp³-hybridized carbons (Fsp3) is 0.185. The average molecular weight is 462 g/mol. The maximum absolute atomic E-state index is 13.9. The number of amides is 1. The topological polar surface area (TPSA) is 46.2 Å². The van der Waals surface area contributed by atoms with Crippen molar-refractivity contribution in [3.63, 3.8) is 0 Å². The normalized spacial score (nSPS) is 26.4. The van der Waals surface area contributed by atoms with Gasteiger partial charge >= 0.3 is 0 Å². The largest absolute Gasteiger partial charge is 0.325 e. The summed E-state index contributed by atoms with van der Waals surface area (Å²) in [6.45, 7) is 3.95. The summed E-state index contributed by atoms with van der Waals surface area (Å²) in [7, 11) is 0. The third kappa shape index (κ3) is 3.11. The number of rotatable bonds is 3. The Morgan fingerprint density at radius 2 is 1.91 bits per heavy atom. The van der Waals surface area contributed by atoms with Crippen molar-refractivity contribution in [2.75, 3.05) is 5.32 Å². The number of hydrogen-bond acceptors (Lipinski definition) is 2. The molecule has 0 aromatic heterocycles. The van der Waals surface area contributed by atoms with Crippen molar-refractivity contribution in [3.8, 4) is 0 Å². The SMILES string of the molecule is C=Cc1ccccc1C1=CC(=O)C[C@@H](C2C=CC=C(Cl)C2)[C@]12C(=O)Nc1cc(Cl)ccc12. The van der Waals surface area contributed by atoms with Crippen LogP contribution in [0, 0.1) is 11.8 Å². The van der Waals surface area contributed by atoms with E-state index in [1.54, 1.807) is 24.3 Å². The lowest BCUT2D eigenvalue weighted by Gasteiger charge is -2.44. The van der Waals surface area contributed by atoms with Gasteiger partial charge in [0.1, 0.15) is 5.41 Å². The van der Waals surface area contributed by atoms with E-state index in [1.165, 1.54) is 0 Å². The van der Waals surface area contributed by atoms with Gasteiger partial charge in [0.25, 0.3) is 0 Å². The van der Waals surface area contributed by atoms with Gasteiger partial charge in [0.2, 0.25) is 5.91 Å². The van der Waals surface area contributed by atoms with Gasteiger partial charge in [-0.2, -0.15) is 0 Å².